The Morgan fingerprint density at radius 2 is 0.393 bits per heavy atom. The molecule has 0 aliphatic carbocycles. The summed E-state index contributed by atoms with van der Waals surface area (Å²) in [6.45, 7) is 6.31. The molecule has 84 heavy (non-hydrogen) atoms. The van der Waals surface area contributed by atoms with E-state index in [1.54, 1.807) is 56.1 Å². The second kappa shape index (κ2) is 26.9. The quantitative estimate of drug-likeness (QED) is 0.111. The first-order valence-corrected chi connectivity index (χ1v) is 27.5. The van der Waals surface area contributed by atoms with Crippen molar-refractivity contribution in [2.75, 3.05) is 28.4 Å². The van der Waals surface area contributed by atoms with E-state index in [0.717, 1.165) is 106 Å². The molecule has 0 amide bonds. The number of carbonyl (C=O) groups is 4. The lowest BCUT2D eigenvalue weighted by molar-refractivity contribution is 0.100. The van der Waals surface area contributed by atoms with Crippen LogP contribution in [-0.4, -0.2) is 51.6 Å². The molecule has 0 aliphatic heterocycles. The van der Waals surface area contributed by atoms with Gasteiger partial charge < -0.3 is 18.9 Å². The van der Waals surface area contributed by atoms with Crippen molar-refractivity contribution in [1.82, 2.24) is 0 Å². The fraction of sp³-hybridized carbons (Fsp3) is 0.105. The Morgan fingerprint density at radius 3 is 0.655 bits per heavy atom. The van der Waals surface area contributed by atoms with Crippen molar-refractivity contribution in [3.05, 3.63) is 265 Å². The van der Waals surface area contributed by atoms with E-state index in [-0.39, 0.29) is 23.1 Å². The van der Waals surface area contributed by atoms with Crippen LogP contribution in [0.3, 0.4) is 0 Å². The van der Waals surface area contributed by atoms with E-state index in [9.17, 15) is 19.2 Å². The number of ketones is 4. The van der Waals surface area contributed by atoms with Crippen LogP contribution in [0.1, 0.15) is 69.1 Å². The summed E-state index contributed by atoms with van der Waals surface area (Å²) in [5, 5.41) is 9.08. The standard InChI is InChI=1S/C20H16O2.2C19H16O2.C18H16O2/c1-13(21)15-3-5-16(6-4-15)18-9-10-19-11-17(14(2)22)7-8-20(19)12-18;1-13(20)14-3-5-15(6-4-14)16-7-8-18-12-19(21-2)10-9-17(18)11-16;1-13(20)15-3-4-18-12-16(5-6-17(18)11-15)14-7-9-19(21-2)10-8-14;1-19-17-8-5-13(6-9-17)14-3-4-16-12-18(20-2)10-7-15(16)11-14/h3-12H,1-2H3;2*3-12H,1-2H3;3-12H,1-2H3. The number of hydrogen-bond acceptors (Lipinski definition) is 8. The molecule has 12 aromatic carbocycles. The van der Waals surface area contributed by atoms with Gasteiger partial charge in [-0.15, -0.1) is 0 Å². The number of fused-ring (bicyclic) bond motifs is 4. The van der Waals surface area contributed by atoms with Crippen molar-refractivity contribution in [3.8, 4) is 67.5 Å². The molecule has 0 aliphatic rings. The molecular formula is C76H64O8. The number of carbonyl (C=O) groups excluding carboxylic acids is 4. The van der Waals surface area contributed by atoms with Gasteiger partial charge in [-0.2, -0.15) is 0 Å². The first-order valence-electron chi connectivity index (χ1n) is 27.5. The predicted octanol–water partition coefficient (Wildman–Crippen LogP) is 18.9. The van der Waals surface area contributed by atoms with Gasteiger partial charge in [-0.3, -0.25) is 19.2 Å². The van der Waals surface area contributed by atoms with Crippen molar-refractivity contribution in [2.24, 2.45) is 0 Å². The van der Waals surface area contributed by atoms with Crippen LogP contribution in [0.25, 0.3) is 87.6 Å². The SMILES string of the molecule is CC(=O)c1ccc(-c2ccc3cc(C(C)=O)ccc3c2)cc1.COc1ccc(-c2ccc3cc(C(C)=O)ccc3c2)cc1.COc1ccc(-c2ccc3cc(OC)ccc3c2)cc1.COc1ccc2cc(-c3ccc(C(C)=O)cc3)ccc2c1. The molecule has 8 nitrogen and oxygen atoms in total. The third-order valence-electron chi connectivity index (χ3n) is 14.7. The lowest BCUT2D eigenvalue weighted by Gasteiger charge is -2.07. The molecule has 12 rings (SSSR count). The van der Waals surface area contributed by atoms with E-state index >= 15 is 0 Å². The number of benzene rings is 12. The van der Waals surface area contributed by atoms with Gasteiger partial charge in [-0.05, 0) is 200 Å². The summed E-state index contributed by atoms with van der Waals surface area (Å²) >= 11 is 0. The lowest BCUT2D eigenvalue weighted by Crippen LogP contribution is -1.92. The summed E-state index contributed by atoms with van der Waals surface area (Å²) in [6.07, 6.45) is 0. The first kappa shape index (κ1) is 58.2. The Balaban J connectivity index is 0.000000134. The minimum Gasteiger partial charge on any atom is -0.497 e. The van der Waals surface area contributed by atoms with Crippen LogP contribution in [0.5, 0.6) is 23.0 Å². The first-order chi connectivity index (χ1) is 40.7. The van der Waals surface area contributed by atoms with Gasteiger partial charge in [0.15, 0.2) is 23.1 Å². The number of rotatable bonds is 12. The fourth-order valence-electron chi connectivity index (χ4n) is 9.71. The van der Waals surface area contributed by atoms with Crippen molar-refractivity contribution in [2.45, 2.75) is 27.7 Å². The molecule has 0 heterocycles. The number of Topliss-reactive ketones (excluding diaryl/α,β-unsaturated/α-hetero) is 4. The topological polar surface area (TPSA) is 105 Å². The fourth-order valence-corrected chi connectivity index (χ4v) is 9.71. The highest BCUT2D eigenvalue weighted by molar-refractivity contribution is 6.01. The smallest absolute Gasteiger partial charge is 0.159 e. The zero-order chi connectivity index (χ0) is 59.3. The average Bonchev–Trinajstić information content (AvgIpc) is 3.74. The van der Waals surface area contributed by atoms with Gasteiger partial charge in [0, 0.05) is 22.3 Å². The highest BCUT2D eigenvalue weighted by Gasteiger charge is 2.09. The second-order valence-corrected chi connectivity index (χ2v) is 20.2. The monoisotopic (exact) mass is 1100 g/mol. The number of ether oxygens (including phenoxy) is 4. The van der Waals surface area contributed by atoms with E-state index in [0.29, 0.717) is 0 Å². The summed E-state index contributed by atoms with van der Waals surface area (Å²) in [7, 11) is 6.70. The maximum atomic E-state index is 11.4. The largest absolute Gasteiger partial charge is 0.497 e. The lowest BCUT2D eigenvalue weighted by atomic mass is 9.98. The number of hydrogen-bond donors (Lipinski definition) is 0. The molecule has 0 bridgehead atoms. The summed E-state index contributed by atoms with van der Waals surface area (Å²) in [6, 6.07) is 80.4. The molecule has 0 aromatic heterocycles. The molecule has 0 atom stereocenters. The zero-order valence-corrected chi connectivity index (χ0v) is 48.4. The number of methoxy groups -OCH3 is 4. The van der Waals surface area contributed by atoms with Crippen molar-refractivity contribution in [1.29, 1.82) is 0 Å². The van der Waals surface area contributed by atoms with Crippen LogP contribution in [0.2, 0.25) is 0 Å². The summed E-state index contributed by atoms with van der Waals surface area (Å²) < 4.78 is 20.9. The van der Waals surface area contributed by atoms with Gasteiger partial charge >= 0.3 is 0 Å². The van der Waals surface area contributed by atoms with Gasteiger partial charge in [0.05, 0.1) is 28.4 Å². The highest BCUT2D eigenvalue weighted by atomic mass is 16.5. The summed E-state index contributed by atoms with van der Waals surface area (Å²) in [5.74, 6) is 3.80. The highest BCUT2D eigenvalue weighted by Crippen LogP contribution is 2.32. The van der Waals surface area contributed by atoms with Gasteiger partial charge in [0.2, 0.25) is 0 Å². The molecule has 0 fully saturated rings. The second-order valence-electron chi connectivity index (χ2n) is 20.2. The van der Waals surface area contributed by atoms with Crippen molar-refractivity contribution < 1.29 is 38.1 Å². The van der Waals surface area contributed by atoms with Crippen LogP contribution in [0.15, 0.2) is 243 Å². The van der Waals surface area contributed by atoms with Crippen LogP contribution in [0, 0.1) is 0 Å². The van der Waals surface area contributed by atoms with Crippen LogP contribution < -0.4 is 18.9 Å². The normalized spacial score (nSPS) is 10.6. The Morgan fingerprint density at radius 1 is 0.202 bits per heavy atom. The molecule has 416 valence electrons. The van der Waals surface area contributed by atoms with E-state index in [1.165, 1.54) is 27.3 Å². The van der Waals surface area contributed by atoms with E-state index in [2.05, 4.69) is 84.9 Å². The minimum absolute atomic E-state index is 0.0711. The Kier molecular flexibility index (Phi) is 18.6. The van der Waals surface area contributed by atoms with E-state index in [4.69, 9.17) is 18.9 Å². The van der Waals surface area contributed by atoms with Gasteiger partial charge in [0.1, 0.15) is 23.0 Å². The Labute approximate surface area is 490 Å². The van der Waals surface area contributed by atoms with Crippen molar-refractivity contribution >= 4 is 66.2 Å². The summed E-state index contributed by atoms with van der Waals surface area (Å²) in [5.41, 5.74) is 12.0. The van der Waals surface area contributed by atoms with Gasteiger partial charge in [0.25, 0.3) is 0 Å². The maximum absolute atomic E-state index is 11.4. The van der Waals surface area contributed by atoms with Gasteiger partial charge in [-0.25, -0.2) is 0 Å². The third-order valence-corrected chi connectivity index (χ3v) is 14.7. The molecule has 0 saturated carbocycles. The summed E-state index contributed by atoms with van der Waals surface area (Å²) in [4.78, 5) is 45.5. The molecule has 0 spiro atoms. The molecule has 0 N–H and O–H groups in total. The maximum Gasteiger partial charge on any atom is 0.159 e. The average molecular weight is 1110 g/mol. The van der Waals surface area contributed by atoms with Gasteiger partial charge in [-0.1, -0.05) is 158 Å². The van der Waals surface area contributed by atoms with Crippen molar-refractivity contribution in [3.63, 3.8) is 0 Å². The van der Waals surface area contributed by atoms with E-state index in [1.807, 2.05) is 158 Å². The predicted molar refractivity (Wildman–Crippen MR) is 344 cm³/mol. The van der Waals surface area contributed by atoms with Crippen LogP contribution in [0.4, 0.5) is 0 Å². The molecule has 12 aromatic rings. The molecule has 0 unspecified atom stereocenters. The minimum atomic E-state index is 0.0711. The van der Waals surface area contributed by atoms with E-state index < -0.39 is 0 Å². The van der Waals surface area contributed by atoms with Crippen LogP contribution in [-0.2, 0) is 0 Å². The zero-order valence-electron chi connectivity index (χ0n) is 48.4. The third kappa shape index (κ3) is 14.4. The molecule has 8 heteroatoms. The molecular weight excluding hydrogens is 1040 g/mol. The Hall–Kier alpha value is -10.4. The molecule has 0 saturated heterocycles. The van der Waals surface area contributed by atoms with Crippen LogP contribution >= 0.6 is 0 Å². The Bertz CT molecular complexity index is 4330. The molecule has 0 radical (unpaired) electrons.